The summed E-state index contributed by atoms with van der Waals surface area (Å²) < 4.78 is 8.11. The Bertz CT molecular complexity index is 755. The molecule has 2 aromatic heterocycles. The molecule has 24 heavy (non-hydrogen) atoms. The molecule has 124 valence electrons. The number of aromatic nitrogens is 5. The third-order valence-corrected chi connectivity index (χ3v) is 4.25. The van der Waals surface area contributed by atoms with Crippen LogP contribution < -0.4 is 5.32 Å². The van der Waals surface area contributed by atoms with Crippen molar-refractivity contribution in [3.05, 3.63) is 60.7 Å². The van der Waals surface area contributed by atoms with Crippen molar-refractivity contribution in [1.82, 2.24) is 30.0 Å². The molecule has 2 atom stereocenters. The van der Waals surface area contributed by atoms with Crippen LogP contribution >= 0.6 is 0 Å². The first kappa shape index (κ1) is 15.0. The van der Waals surface area contributed by atoms with Gasteiger partial charge < -0.3 is 14.6 Å². The predicted molar refractivity (Wildman–Crippen MR) is 88.5 cm³/mol. The van der Waals surface area contributed by atoms with E-state index in [9.17, 15) is 0 Å². The number of nitrogens with one attached hydrogen (secondary N) is 2. The molecule has 0 bridgehead atoms. The Morgan fingerprint density at radius 2 is 2.12 bits per heavy atom. The van der Waals surface area contributed by atoms with E-state index < -0.39 is 0 Å². The molecule has 0 spiro atoms. The Labute approximate surface area is 140 Å². The average molecular weight is 324 g/mol. The minimum atomic E-state index is 0.0330. The molecule has 3 aromatic rings. The van der Waals surface area contributed by atoms with Gasteiger partial charge in [-0.2, -0.15) is 5.10 Å². The fourth-order valence-electron chi connectivity index (χ4n) is 3.06. The van der Waals surface area contributed by atoms with E-state index in [0.29, 0.717) is 6.54 Å². The maximum absolute atomic E-state index is 6.02. The minimum absolute atomic E-state index is 0.0330. The van der Waals surface area contributed by atoms with Crippen molar-refractivity contribution in [3.63, 3.8) is 0 Å². The van der Waals surface area contributed by atoms with Crippen LogP contribution in [0.5, 0.6) is 0 Å². The first-order valence-corrected chi connectivity index (χ1v) is 8.19. The van der Waals surface area contributed by atoms with Gasteiger partial charge in [0, 0.05) is 24.6 Å². The second-order valence-corrected chi connectivity index (χ2v) is 5.87. The molecule has 4 rings (SSSR count). The summed E-state index contributed by atoms with van der Waals surface area (Å²) in [5.74, 6) is 1.81. The Morgan fingerprint density at radius 3 is 2.96 bits per heavy atom. The van der Waals surface area contributed by atoms with E-state index in [-0.39, 0.29) is 12.2 Å². The molecule has 1 aromatic carbocycles. The van der Waals surface area contributed by atoms with E-state index in [1.54, 1.807) is 0 Å². The van der Waals surface area contributed by atoms with Gasteiger partial charge in [-0.3, -0.25) is 5.10 Å². The molecular weight excluding hydrogens is 304 g/mol. The number of hydrogen-bond acceptors (Lipinski definition) is 5. The monoisotopic (exact) mass is 324 g/mol. The lowest BCUT2D eigenvalue weighted by Crippen LogP contribution is -2.27. The van der Waals surface area contributed by atoms with Crippen LogP contribution in [-0.4, -0.2) is 37.4 Å². The van der Waals surface area contributed by atoms with E-state index in [1.165, 1.54) is 6.33 Å². The molecule has 0 unspecified atom stereocenters. The van der Waals surface area contributed by atoms with Gasteiger partial charge in [-0.25, -0.2) is 9.97 Å². The number of nitrogens with zero attached hydrogens (tertiary/aromatic N) is 4. The summed E-state index contributed by atoms with van der Waals surface area (Å²) in [6.45, 7) is 1.50. The van der Waals surface area contributed by atoms with Crippen LogP contribution in [0.25, 0.3) is 5.69 Å². The summed E-state index contributed by atoms with van der Waals surface area (Å²) >= 11 is 0. The van der Waals surface area contributed by atoms with Gasteiger partial charge in [0.2, 0.25) is 0 Å². The summed E-state index contributed by atoms with van der Waals surface area (Å²) in [7, 11) is 0. The molecule has 3 heterocycles. The van der Waals surface area contributed by atoms with Gasteiger partial charge in [-0.15, -0.1) is 0 Å². The molecule has 0 amide bonds. The SMILES string of the molecule is c1ccc(-n2ccnc2CNC[C@H]2CC[C@@H](c3ncn[nH]3)O2)cc1. The second-order valence-electron chi connectivity index (χ2n) is 5.87. The van der Waals surface area contributed by atoms with Gasteiger partial charge in [-0.1, -0.05) is 18.2 Å². The lowest BCUT2D eigenvalue weighted by molar-refractivity contribution is 0.0400. The van der Waals surface area contributed by atoms with Crippen molar-refractivity contribution in [2.75, 3.05) is 6.54 Å². The number of rotatable bonds is 6. The van der Waals surface area contributed by atoms with Crippen molar-refractivity contribution in [1.29, 1.82) is 0 Å². The summed E-state index contributed by atoms with van der Waals surface area (Å²) in [6, 6.07) is 10.2. The molecule has 0 radical (unpaired) electrons. The molecule has 1 fully saturated rings. The summed E-state index contributed by atoms with van der Waals surface area (Å²) in [6.07, 6.45) is 7.55. The molecule has 1 aliphatic rings. The van der Waals surface area contributed by atoms with Crippen LogP contribution in [0.4, 0.5) is 0 Å². The van der Waals surface area contributed by atoms with Crippen LogP contribution in [-0.2, 0) is 11.3 Å². The van der Waals surface area contributed by atoms with Crippen LogP contribution in [0.15, 0.2) is 49.1 Å². The molecular formula is C17H20N6O. The molecule has 0 saturated carbocycles. The van der Waals surface area contributed by atoms with Crippen molar-refractivity contribution in [2.45, 2.75) is 31.6 Å². The molecule has 1 saturated heterocycles. The zero-order valence-electron chi connectivity index (χ0n) is 13.3. The molecule has 7 heteroatoms. The van der Waals surface area contributed by atoms with E-state index in [0.717, 1.165) is 36.7 Å². The molecule has 1 aliphatic heterocycles. The maximum atomic E-state index is 6.02. The van der Waals surface area contributed by atoms with Gasteiger partial charge in [0.1, 0.15) is 18.3 Å². The lowest BCUT2D eigenvalue weighted by atomic mass is 10.2. The standard InChI is InChI=1S/C17H20N6O/c1-2-4-13(5-3-1)23-9-8-19-16(23)11-18-10-14-6-7-15(24-14)17-20-12-21-22-17/h1-5,8-9,12,14-15,18H,6-7,10-11H2,(H,20,21,22)/t14-,15+/m1/s1. The number of benzene rings is 1. The number of para-hydroxylation sites is 1. The van der Waals surface area contributed by atoms with E-state index in [4.69, 9.17) is 4.74 Å². The Kier molecular flexibility index (Phi) is 4.35. The highest BCUT2D eigenvalue weighted by atomic mass is 16.5. The third kappa shape index (κ3) is 3.22. The van der Waals surface area contributed by atoms with Crippen molar-refractivity contribution < 1.29 is 4.74 Å². The number of H-pyrrole nitrogens is 1. The van der Waals surface area contributed by atoms with Crippen molar-refractivity contribution in [2.24, 2.45) is 0 Å². The smallest absolute Gasteiger partial charge is 0.153 e. The van der Waals surface area contributed by atoms with E-state index in [2.05, 4.69) is 42.2 Å². The van der Waals surface area contributed by atoms with Gasteiger partial charge in [0.15, 0.2) is 5.82 Å². The van der Waals surface area contributed by atoms with Crippen LogP contribution in [0.3, 0.4) is 0 Å². The van der Waals surface area contributed by atoms with Crippen LogP contribution in [0, 0.1) is 0 Å². The highest BCUT2D eigenvalue weighted by Crippen LogP contribution is 2.30. The number of hydrogen-bond donors (Lipinski definition) is 2. The van der Waals surface area contributed by atoms with E-state index >= 15 is 0 Å². The average Bonchev–Trinajstić information content (AvgIpc) is 3.37. The number of imidazole rings is 1. The highest BCUT2D eigenvalue weighted by Gasteiger charge is 2.28. The van der Waals surface area contributed by atoms with Crippen LogP contribution in [0.2, 0.25) is 0 Å². The van der Waals surface area contributed by atoms with Gasteiger partial charge in [0.25, 0.3) is 0 Å². The maximum Gasteiger partial charge on any atom is 0.153 e. The first-order chi connectivity index (χ1) is 11.9. The lowest BCUT2D eigenvalue weighted by Gasteiger charge is -2.13. The number of ether oxygens (including phenoxy) is 1. The Hall–Kier alpha value is -2.51. The van der Waals surface area contributed by atoms with Gasteiger partial charge in [0.05, 0.1) is 12.6 Å². The quantitative estimate of drug-likeness (QED) is 0.725. The van der Waals surface area contributed by atoms with E-state index in [1.807, 2.05) is 30.6 Å². The highest BCUT2D eigenvalue weighted by molar-refractivity contribution is 5.32. The van der Waals surface area contributed by atoms with Gasteiger partial charge in [-0.05, 0) is 25.0 Å². The zero-order chi connectivity index (χ0) is 16.2. The first-order valence-electron chi connectivity index (χ1n) is 8.19. The molecule has 0 aliphatic carbocycles. The van der Waals surface area contributed by atoms with Crippen LogP contribution in [0.1, 0.15) is 30.6 Å². The fraction of sp³-hybridized carbons (Fsp3) is 0.353. The third-order valence-electron chi connectivity index (χ3n) is 4.25. The zero-order valence-corrected chi connectivity index (χ0v) is 13.3. The van der Waals surface area contributed by atoms with Crippen molar-refractivity contribution in [3.8, 4) is 5.69 Å². The van der Waals surface area contributed by atoms with Gasteiger partial charge >= 0.3 is 0 Å². The minimum Gasteiger partial charge on any atom is -0.366 e. The molecule has 2 N–H and O–H groups in total. The second kappa shape index (κ2) is 6.94. The topological polar surface area (TPSA) is 80.7 Å². The predicted octanol–water partition coefficient (Wildman–Crippen LogP) is 2.00. The summed E-state index contributed by atoms with van der Waals surface area (Å²) in [5.41, 5.74) is 1.12. The molecule has 7 nitrogen and oxygen atoms in total. The largest absolute Gasteiger partial charge is 0.366 e. The number of aromatic amines is 1. The normalized spacial score (nSPS) is 20.5. The Balaban J connectivity index is 1.30. The summed E-state index contributed by atoms with van der Waals surface area (Å²) in [4.78, 5) is 8.62. The fourth-order valence-corrected chi connectivity index (χ4v) is 3.06. The van der Waals surface area contributed by atoms with Crippen molar-refractivity contribution >= 4 is 0 Å². The summed E-state index contributed by atoms with van der Waals surface area (Å²) in [5, 5.41) is 10.2. The Morgan fingerprint density at radius 1 is 1.21 bits per heavy atom.